The Kier molecular flexibility index (Phi) is 5.29. The molecule has 52 valence electrons. The predicted molar refractivity (Wildman–Crippen MR) is 43.4 cm³/mol. The van der Waals surface area contributed by atoms with E-state index in [0.29, 0.717) is 5.92 Å². The maximum atomic E-state index is 3.64. The quantitative estimate of drug-likeness (QED) is 0.399. The van der Waals surface area contributed by atoms with Gasteiger partial charge in [-0.3, -0.25) is 0 Å². The molecule has 0 atom stereocenters. The van der Waals surface area contributed by atoms with Gasteiger partial charge in [-0.2, -0.15) is 0 Å². The van der Waals surface area contributed by atoms with Gasteiger partial charge < -0.3 is 0 Å². The van der Waals surface area contributed by atoms with Crippen molar-refractivity contribution in [2.45, 2.75) is 26.7 Å². The SMILES string of the molecule is C=CCC/C=C\C(C)C. The van der Waals surface area contributed by atoms with Gasteiger partial charge in [-0.1, -0.05) is 32.1 Å². The molecular formula is C9H16. The van der Waals surface area contributed by atoms with Crippen LogP contribution in [0.5, 0.6) is 0 Å². The lowest BCUT2D eigenvalue weighted by Gasteiger charge is -1.91. The van der Waals surface area contributed by atoms with E-state index in [9.17, 15) is 0 Å². The molecule has 0 nitrogen and oxygen atoms in total. The van der Waals surface area contributed by atoms with E-state index in [4.69, 9.17) is 0 Å². The molecule has 0 radical (unpaired) electrons. The minimum absolute atomic E-state index is 0.690. The molecule has 0 fully saturated rings. The zero-order valence-corrected chi connectivity index (χ0v) is 6.43. The molecule has 0 aromatic carbocycles. The van der Waals surface area contributed by atoms with Crippen molar-refractivity contribution < 1.29 is 0 Å². The van der Waals surface area contributed by atoms with E-state index < -0.39 is 0 Å². The summed E-state index contributed by atoms with van der Waals surface area (Å²) in [5.41, 5.74) is 0. The van der Waals surface area contributed by atoms with E-state index in [0.717, 1.165) is 12.8 Å². The average molecular weight is 124 g/mol. The molecule has 0 rings (SSSR count). The van der Waals surface area contributed by atoms with Crippen molar-refractivity contribution in [3.63, 3.8) is 0 Å². The summed E-state index contributed by atoms with van der Waals surface area (Å²) in [5.74, 6) is 0.690. The standard InChI is InChI=1S/C9H16/c1-4-5-6-7-8-9(2)3/h4,7-9H,1,5-6H2,2-3H3/b8-7-. The van der Waals surface area contributed by atoms with Crippen molar-refractivity contribution in [1.29, 1.82) is 0 Å². The average Bonchev–Trinajstić information content (AvgIpc) is 1.80. The lowest BCUT2D eigenvalue weighted by molar-refractivity contribution is 0.823. The lowest BCUT2D eigenvalue weighted by Crippen LogP contribution is -1.75. The Bertz CT molecular complexity index is 88.2. The Morgan fingerprint density at radius 1 is 1.33 bits per heavy atom. The van der Waals surface area contributed by atoms with E-state index >= 15 is 0 Å². The number of hydrogen-bond donors (Lipinski definition) is 0. The molecular weight excluding hydrogens is 108 g/mol. The van der Waals surface area contributed by atoms with E-state index in [1.165, 1.54) is 0 Å². The normalized spacial score (nSPS) is 11.0. The first kappa shape index (κ1) is 8.48. The summed E-state index contributed by atoms with van der Waals surface area (Å²) in [6, 6.07) is 0. The fraction of sp³-hybridized carbons (Fsp3) is 0.556. The lowest BCUT2D eigenvalue weighted by atomic mass is 10.2. The van der Waals surface area contributed by atoms with Crippen molar-refractivity contribution in [2.75, 3.05) is 0 Å². The molecule has 0 aliphatic heterocycles. The third-order valence-corrected chi connectivity index (χ3v) is 1.06. The van der Waals surface area contributed by atoms with Gasteiger partial charge in [0.05, 0.1) is 0 Å². The highest BCUT2D eigenvalue weighted by Crippen LogP contribution is 1.97. The van der Waals surface area contributed by atoms with Gasteiger partial charge in [-0.15, -0.1) is 6.58 Å². The Morgan fingerprint density at radius 2 is 2.00 bits per heavy atom. The fourth-order valence-electron chi connectivity index (χ4n) is 0.582. The van der Waals surface area contributed by atoms with Gasteiger partial charge in [-0.25, -0.2) is 0 Å². The summed E-state index contributed by atoms with van der Waals surface area (Å²) >= 11 is 0. The largest absolute Gasteiger partial charge is 0.103 e. The highest BCUT2D eigenvalue weighted by atomic mass is 13.9. The van der Waals surface area contributed by atoms with Crippen LogP contribution >= 0.6 is 0 Å². The summed E-state index contributed by atoms with van der Waals surface area (Å²) < 4.78 is 0. The van der Waals surface area contributed by atoms with Gasteiger partial charge >= 0.3 is 0 Å². The van der Waals surface area contributed by atoms with Crippen LogP contribution < -0.4 is 0 Å². The third kappa shape index (κ3) is 7.48. The molecule has 0 N–H and O–H groups in total. The van der Waals surface area contributed by atoms with Gasteiger partial charge in [0.15, 0.2) is 0 Å². The molecule has 0 aliphatic rings. The topological polar surface area (TPSA) is 0 Å². The maximum absolute atomic E-state index is 3.64. The molecule has 9 heavy (non-hydrogen) atoms. The molecule has 0 saturated heterocycles. The summed E-state index contributed by atoms with van der Waals surface area (Å²) in [5, 5.41) is 0. The number of allylic oxidation sites excluding steroid dienone is 3. The molecule has 0 bridgehead atoms. The van der Waals surface area contributed by atoms with Crippen LogP contribution in [0.25, 0.3) is 0 Å². The van der Waals surface area contributed by atoms with Crippen LogP contribution in [-0.4, -0.2) is 0 Å². The molecule has 0 heterocycles. The van der Waals surface area contributed by atoms with Crippen LogP contribution in [0.1, 0.15) is 26.7 Å². The van der Waals surface area contributed by atoms with Gasteiger partial charge in [-0.05, 0) is 18.8 Å². The van der Waals surface area contributed by atoms with Crippen LogP contribution in [0.3, 0.4) is 0 Å². The van der Waals surface area contributed by atoms with E-state index in [2.05, 4.69) is 32.6 Å². The van der Waals surface area contributed by atoms with Crippen LogP contribution in [0.15, 0.2) is 24.8 Å². The molecule has 0 unspecified atom stereocenters. The van der Waals surface area contributed by atoms with Crippen LogP contribution in [0, 0.1) is 5.92 Å². The van der Waals surface area contributed by atoms with Crippen molar-refractivity contribution in [3.05, 3.63) is 24.8 Å². The first-order valence-corrected chi connectivity index (χ1v) is 3.55. The number of unbranched alkanes of at least 4 members (excludes halogenated alkanes) is 1. The minimum Gasteiger partial charge on any atom is -0.103 e. The molecule has 0 aromatic heterocycles. The van der Waals surface area contributed by atoms with Crippen molar-refractivity contribution in [1.82, 2.24) is 0 Å². The zero-order valence-electron chi connectivity index (χ0n) is 6.43. The second kappa shape index (κ2) is 5.61. The second-order valence-corrected chi connectivity index (χ2v) is 2.54. The minimum atomic E-state index is 0.690. The zero-order chi connectivity index (χ0) is 7.11. The van der Waals surface area contributed by atoms with E-state index in [1.54, 1.807) is 0 Å². The predicted octanol–water partition coefficient (Wildman–Crippen LogP) is 3.16. The maximum Gasteiger partial charge on any atom is -0.0290 e. The van der Waals surface area contributed by atoms with Gasteiger partial charge in [0.25, 0.3) is 0 Å². The summed E-state index contributed by atoms with van der Waals surface area (Å²) in [6.45, 7) is 8.01. The monoisotopic (exact) mass is 124 g/mol. The Morgan fingerprint density at radius 3 is 2.44 bits per heavy atom. The number of rotatable bonds is 4. The molecule has 0 heteroatoms. The summed E-state index contributed by atoms with van der Waals surface area (Å²) in [7, 11) is 0. The molecule has 0 aromatic rings. The summed E-state index contributed by atoms with van der Waals surface area (Å²) in [4.78, 5) is 0. The first-order valence-electron chi connectivity index (χ1n) is 3.55. The Hall–Kier alpha value is -0.520. The van der Waals surface area contributed by atoms with Gasteiger partial charge in [0, 0.05) is 0 Å². The second-order valence-electron chi connectivity index (χ2n) is 2.54. The molecule has 0 amide bonds. The van der Waals surface area contributed by atoms with Gasteiger partial charge in [0.2, 0.25) is 0 Å². The third-order valence-electron chi connectivity index (χ3n) is 1.06. The summed E-state index contributed by atoms with van der Waals surface area (Å²) in [6.07, 6.45) is 8.63. The molecule has 0 aliphatic carbocycles. The van der Waals surface area contributed by atoms with Crippen molar-refractivity contribution in [3.8, 4) is 0 Å². The number of hydrogen-bond acceptors (Lipinski definition) is 0. The van der Waals surface area contributed by atoms with E-state index in [-0.39, 0.29) is 0 Å². The van der Waals surface area contributed by atoms with Gasteiger partial charge in [0.1, 0.15) is 0 Å². The molecule has 0 saturated carbocycles. The van der Waals surface area contributed by atoms with Crippen LogP contribution in [0.4, 0.5) is 0 Å². The van der Waals surface area contributed by atoms with Crippen LogP contribution in [0.2, 0.25) is 0 Å². The smallest absolute Gasteiger partial charge is 0.0290 e. The van der Waals surface area contributed by atoms with Crippen molar-refractivity contribution >= 4 is 0 Å². The Labute approximate surface area is 58.3 Å². The highest BCUT2D eigenvalue weighted by molar-refractivity contribution is 4.86. The first-order chi connectivity index (χ1) is 4.27. The van der Waals surface area contributed by atoms with Crippen molar-refractivity contribution in [2.24, 2.45) is 5.92 Å². The van der Waals surface area contributed by atoms with E-state index in [1.807, 2.05) is 6.08 Å². The van der Waals surface area contributed by atoms with Crippen LogP contribution in [-0.2, 0) is 0 Å². The Balaban J connectivity index is 3.14. The fourth-order valence-corrected chi connectivity index (χ4v) is 0.582. The molecule has 0 spiro atoms. The highest BCUT2D eigenvalue weighted by Gasteiger charge is 1.80.